The van der Waals surface area contributed by atoms with E-state index in [0.29, 0.717) is 17.1 Å². The molecule has 0 saturated carbocycles. The van der Waals surface area contributed by atoms with E-state index in [2.05, 4.69) is 14.7 Å². The third-order valence-electron chi connectivity index (χ3n) is 3.42. The lowest BCUT2D eigenvalue weighted by Crippen LogP contribution is -2.27. The van der Waals surface area contributed by atoms with E-state index < -0.39 is 6.36 Å². The molecule has 1 unspecified atom stereocenters. The molecule has 0 radical (unpaired) electrons. The first-order valence-electron chi connectivity index (χ1n) is 6.91. The van der Waals surface area contributed by atoms with Crippen LogP contribution in [0.1, 0.15) is 25.1 Å². The van der Waals surface area contributed by atoms with Crippen molar-refractivity contribution in [2.45, 2.75) is 31.7 Å². The van der Waals surface area contributed by atoms with Crippen molar-refractivity contribution in [3.63, 3.8) is 0 Å². The van der Waals surface area contributed by atoms with Crippen LogP contribution in [-0.2, 0) is 4.79 Å². The predicted octanol–water partition coefficient (Wildman–Crippen LogP) is 3.00. The van der Waals surface area contributed by atoms with Gasteiger partial charge in [-0.15, -0.1) is 13.2 Å². The molecule has 3 N–H and O–H groups in total. The summed E-state index contributed by atoms with van der Waals surface area (Å²) < 4.78 is 40.2. The van der Waals surface area contributed by atoms with Crippen molar-refractivity contribution in [1.82, 2.24) is 9.97 Å². The number of nitrogens with zero attached hydrogens (tertiary/aromatic N) is 1. The molecule has 0 aliphatic rings. The molecule has 0 spiro atoms. The van der Waals surface area contributed by atoms with Crippen molar-refractivity contribution < 1.29 is 22.7 Å². The van der Waals surface area contributed by atoms with Crippen LogP contribution in [0.15, 0.2) is 30.5 Å². The van der Waals surface area contributed by atoms with Gasteiger partial charge in [-0.1, -0.05) is 6.92 Å². The van der Waals surface area contributed by atoms with E-state index in [1.807, 2.05) is 6.92 Å². The van der Waals surface area contributed by atoms with E-state index in [9.17, 15) is 18.0 Å². The van der Waals surface area contributed by atoms with Gasteiger partial charge in [0.1, 0.15) is 17.9 Å². The van der Waals surface area contributed by atoms with E-state index in [1.54, 1.807) is 6.20 Å². The lowest BCUT2D eigenvalue weighted by molar-refractivity contribution is -0.274. The first kappa shape index (κ1) is 17.0. The number of halogens is 3. The number of carbonyl (C=O) groups excluding carboxylic acids is 1. The number of hydrogen-bond acceptors (Lipinski definition) is 4. The minimum absolute atomic E-state index is 0.151. The largest absolute Gasteiger partial charge is 0.573 e. The Hall–Kier alpha value is -2.35. The van der Waals surface area contributed by atoms with Gasteiger partial charge >= 0.3 is 6.36 Å². The minimum atomic E-state index is -4.72. The van der Waals surface area contributed by atoms with Crippen LogP contribution in [0.3, 0.4) is 0 Å². The van der Waals surface area contributed by atoms with Crippen LogP contribution in [0.4, 0.5) is 13.2 Å². The van der Waals surface area contributed by atoms with Gasteiger partial charge in [-0.05, 0) is 24.3 Å². The average molecular weight is 327 g/mol. The first-order chi connectivity index (χ1) is 10.8. The van der Waals surface area contributed by atoms with E-state index in [1.165, 1.54) is 24.3 Å². The molecule has 5 nitrogen and oxygen atoms in total. The number of carbonyl (C=O) groups is 1. The monoisotopic (exact) mass is 327 g/mol. The van der Waals surface area contributed by atoms with Crippen molar-refractivity contribution in [2.24, 2.45) is 5.73 Å². The van der Waals surface area contributed by atoms with Gasteiger partial charge in [0.2, 0.25) is 0 Å². The summed E-state index contributed by atoms with van der Waals surface area (Å²) in [5.74, 6) is 0.171. The third-order valence-corrected chi connectivity index (χ3v) is 3.42. The predicted molar refractivity (Wildman–Crippen MR) is 77.8 cm³/mol. The number of aromatic amines is 1. The molecule has 0 amide bonds. The molecule has 0 aliphatic carbocycles. The molecule has 23 heavy (non-hydrogen) atoms. The fourth-order valence-corrected chi connectivity index (χ4v) is 2.06. The number of imidazole rings is 1. The van der Waals surface area contributed by atoms with Crippen LogP contribution in [0.5, 0.6) is 5.75 Å². The number of nitrogens with two attached hydrogens (primary N) is 1. The third kappa shape index (κ3) is 4.56. The Bertz CT molecular complexity index is 653. The molecule has 1 aromatic heterocycles. The zero-order chi connectivity index (χ0) is 17.0. The van der Waals surface area contributed by atoms with Crippen LogP contribution in [0, 0.1) is 0 Å². The van der Waals surface area contributed by atoms with Crippen molar-refractivity contribution in [2.75, 3.05) is 0 Å². The van der Waals surface area contributed by atoms with Gasteiger partial charge in [0.05, 0.1) is 5.69 Å². The fourth-order valence-electron chi connectivity index (χ4n) is 2.06. The van der Waals surface area contributed by atoms with Crippen LogP contribution in [0.2, 0.25) is 0 Å². The summed E-state index contributed by atoms with van der Waals surface area (Å²) in [4.78, 5) is 17.9. The minimum Gasteiger partial charge on any atom is -0.406 e. The number of rotatable bonds is 6. The second kappa shape index (κ2) is 6.82. The molecule has 8 heteroatoms. The normalized spacial score (nSPS) is 14.3. The van der Waals surface area contributed by atoms with Crippen molar-refractivity contribution >= 4 is 6.29 Å². The number of ether oxygens (including phenoxy) is 1. The summed E-state index contributed by atoms with van der Waals surface area (Å²) in [7, 11) is 0. The number of alkyl halides is 3. The zero-order valence-corrected chi connectivity index (χ0v) is 12.3. The van der Waals surface area contributed by atoms with E-state index in [4.69, 9.17) is 5.73 Å². The number of aldehydes is 1. The van der Waals surface area contributed by atoms with Crippen LogP contribution in [0.25, 0.3) is 11.3 Å². The van der Waals surface area contributed by atoms with Gasteiger partial charge in [0.25, 0.3) is 0 Å². The van der Waals surface area contributed by atoms with Crippen molar-refractivity contribution in [1.29, 1.82) is 0 Å². The van der Waals surface area contributed by atoms with Gasteiger partial charge in [-0.25, -0.2) is 4.98 Å². The smallest absolute Gasteiger partial charge is 0.406 e. The average Bonchev–Trinajstić information content (AvgIpc) is 2.95. The van der Waals surface area contributed by atoms with Gasteiger partial charge in [-0.2, -0.15) is 0 Å². The molecule has 2 rings (SSSR count). The molecule has 0 aliphatic heterocycles. The van der Waals surface area contributed by atoms with Crippen LogP contribution < -0.4 is 10.5 Å². The number of aromatic nitrogens is 2. The lowest BCUT2D eigenvalue weighted by atomic mass is 10.00. The molecule has 0 bridgehead atoms. The summed E-state index contributed by atoms with van der Waals surface area (Å²) in [5.41, 5.74) is 7.08. The summed E-state index contributed by atoms with van der Waals surface area (Å²) in [6, 6.07) is 5.06. The van der Waals surface area contributed by atoms with Crippen molar-refractivity contribution in [3.8, 4) is 17.0 Å². The first-order valence-corrected chi connectivity index (χ1v) is 6.91. The maximum atomic E-state index is 12.1. The van der Waals surface area contributed by atoms with E-state index >= 15 is 0 Å². The second-order valence-corrected chi connectivity index (χ2v) is 5.10. The molecule has 0 fully saturated rings. The molecule has 0 saturated heterocycles. The molecular formula is C15H16F3N3O2. The Morgan fingerprint density at radius 2 is 2.00 bits per heavy atom. The van der Waals surface area contributed by atoms with E-state index in [0.717, 1.165) is 6.29 Å². The zero-order valence-electron chi connectivity index (χ0n) is 12.3. The number of nitrogens with one attached hydrogen (secondary N) is 1. The quantitative estimate of drug-likeness (QED) is 0.799. The summed E-state index contributed by atoms with van der Waals surface area (Å²) in [6.45, 7) is 1.84. The number of H-pyrrole nitrogens is 1. The Morgan fingerprint density at radius 3 is 2.57 bits per heavy atom. The van der Waals surface area contributed by atoms with Gasteiger partial charge in [0.15, 0.2) is 0 Å². The summed E-state index contributed by atoms with van der Waals surface area (Å²) in [5, 5.41) is 0. The lowest BCUT2D eigenvalue weighted by Gasteiger charge is -2.14. The van der Waals surface area contributed by atoms with E-state index in [-0.39, 0.29) is 24.1 Å². The molecule has 1 aromatic carbocycles. The fraction of sp³-hybridized carbons (Fsp3) is 0.333. The highest BCUT2D eigenvalue weighted by molar-refractivity contribution is 5.59. The number of hydrogen-bond donors (Lipinski definition) is 2. The molecular weight excluding hydrogens is 311 g/mol. The summed E-state index contributed by atoms with van der Waals surface area (Å²) in [6.07, 6.45) is -2.10. The standard InChI is InChI=1S/C15H16F3N3O2/c1-9(12(19)6-7-22)14-20-8-13(21-14)10-2-4-11(5-3-10)23-15(16,17)18/h2-5,7-9,12H,6,19H2,1H3,(H,20,21)/t9-,12?/m1/s1. The van der Waals surface area contributed by atoms with Gasteiger partial charge < -0.3 is 20.2 Å². The van der Waals surface area contributed by atoms with Crippen molar-refractivity contribution in [3.05, 3.63) is 36.3 Å². The summed E-state index contributed by atoms with van der Waals surface area (Å²) >= 11 is 0. The Balaban J connectivity index is 2.12. The molecule has 124 valence electrons. The van der Waals surface area contributed by atoms with Crippen LogP contribution >= 0.6 is 0 Å². The molecule has 2 aromatic rings. The number of benzene rings is 1. The highest BCUT2D eigenvalue weighted by Crippen LogP contribution is 2.27. The highest BCUT2D eigenvalue weighted by Gasteiger charge is 2.31. The SMILES string of the molecule is C[C@@H](c1nc(-c2ccc(OC(F)(F)F)cc2)c[nH]1)C(N)CC=O. The maximum absolute atomic E-state index is 12.1. The topological polar surface area (TPSA) is 81.0 Å². The van der Waals surface area contributed by atoms with Gasteiger partial charge in [0, 0.05) is 30.1 Å². The Labute approximate surface area is 130 Å². The van der Waals surface area contributed by atoms with Crippen LogP contribution in [-0.4, -0.2) is 28.7 Å². The molecule has 1 heterocycles. The molecule has 2 atom stereocenters. The van der Waals surface area contributed by atoms with Gasteiger partial charge in [-0.3, -0.25) is 0 Å². The second-order valence-electron chi connectivity index (χ2n) is 5.10. The maximum Gasteiger partial charge on any atom is 0.573 e. The Kier molecular flexibility index (Phi) is 5.05. The Morgan fingerprint density at radius 1 is 1.35 bits per heavy atom. The highest BCUT2D eigenvalue weighted by atomic mass is 19.4.